The van der Waals surface area contributed by atoms with Crippen molar-refractivity contribution >= 4 is 6.03 Å². The minimum Gasteiger partial charge on any atom is -0.328 e. The van der Waals surface area contributed by atoms with Crippen molar-refractivity contribution in [2.45, 2.75) is 38.6 Å². The lowest BCUT2D eigenvalue weighted by Gasteiger charge is -2.36. The second-order valence-corrected chi connectivity index (χ2v) is 5.70. The zero-order valence-electron chi connectivity index (χ0n) is 11.1. The molecule has 0 bridgehead atoms. The van der Waals surface area contributed by atoms with Crippen molar-refractivity contribution in [3.63, 3.8) is 0 Å². The largest absolute Gasteiger partial charge is 0.328 e. The lowest BCUT2D eigenvalue weighted by molar-refractivity contribution is 0.126. The molecule has 0 radical (unpaired) electrons. The van der Waals surface area contributed by atoms with E-state index in [1.54, 1.807) is 0 Å². The van der Waals surface area contributed by atoms with Gasteiger partial charge in [0.15, 0.2) is 0 Å². The summed E-state index contributed by atoms with van der Waals surface area (Å²) in [5.41, 5.74) is 5.79. The highest BCUT2D eigenvalue weighted by Crippen LogP contribution is 2.35. The summed E-state index contributed by atoms with van der Waals surface area (Å²) in [5, 5.41) is 0. The summed E-state index contributed by atoms with van der Waals surface area (Å²) >= 11 is 0. The Morgan fingerprint density at radius 3 is 2.41 bits per heavy atom. The molecule has 4 heteroatoms. The number of urea groups is 1. The summed E-state index contributed by atoms with van der Waals surface area (Å²) in [6, 6.07) is 0.432. The molecule has 0 aromatic heterocycles. The molecule has 0 spiro atoms. The lowest BCUT2D eigenvalue weighted by Crippen LogP contribution is -2.51. The Hall–Kier alpha value is -0.770. The summed E-state index contributed by atoms with van der Waals surface area (Å²) in [4.78, 5) is 16.2. The summed E-state index contributed by atoms with van der Waals surface area (Å²) < 4.78 is 0. The van der Waals surface area contributed by atoms with Gasteiger partial charge in [0, 0.05) is 32.7 Å². The maximum Gasteiger partial charge on any atom is 0.320 e. The Morgan fingerprint density at radius 1 is 1.35 bits per heavy atom. The van der Waals surface area contributed by atoms with Gasteiger partial charge in [-0.3, -0.25) is 0 Å². The highest BCUT2D eigenvalue weighted by molar-refractivity contribution is 5.74. The minimum absolute atomic E-state index is 0.180. The molecule has 0 aromatic rings. The summed E-state index contributed by atoms with van der Waals surface area (Å²) in [7, 11) is 1.91. The lowest BCUT2D eigenvalue weighted by atomic mass is 9.99. The van der Waals surface area contributed by atoms with Gasteiger partial charge in [0.25, 0.3) is 0 Å². The second-order valence-electron chi connectivity index (χ2n) is 5.70. The molecule has 1 heterocycles. The number of hydrogen-bond acceptors (Lipinski definition) is 2. The fourth-order valence-electron chi connectivity index (χ4n) is 2.71. The first-order valence-corrected chi connectivity index (χ1v) is 6.85. The van der Waals surface area contributed by atoms with Crippen LogP contribution in [0.2, 0.25) is 0 Å². The fourth-order valence-corrected chi connectivity index (χ4v) is 2.71. The van der Waals surface area contributed by atoms with Gasteiger partial charge in [-0.2, -0.15) is 0 Å². The molecule has 1 atom stereocenters. The molecule has 1 unspecified atom stereocenters. The molecular formula is C13H25N3O. The predicted octanol–water partition coefficient (Wildman–Crippen LogP) is 1.51. The number of piperidine rings is 1. The number of rotatable bonds is 3. The van der Waals surface area contributed by atoms with Gasteiger partial charge in [0.2, 0.25) is 0 Å². The van der Waals surface area contributed by atoms with Crippen LogP contribution < -0.4 is 5.73 Å². The highest BCUT2D eigenvalue weighted by atomic mass is 16.2. The Labute approximate surface area is 104 Å². The van der Waals surface area contributed by atoms with Crippen LogP contribution in [0.15, 0.2) is 0 Å². The molecule has 98 valence electrons. The van der Waals surface area contributed by atoms with E-state index in [0.717, 1.165) is 31.8 Å². The number of likely N-dealkylation sites (tertiary alicyclic amines) is 1. The van der Waals surface area contributed by atoms with E-state index in [-0.39, 0.29) is 12.1 Å². The fraction of sp³-hybridized carbons (Fsp3) is 0.923. The quantitative estimate of drug-likeness (QED) is 0.811. The first-order chi connectivity index (χ1) is 8.13. The third kappa shape index (κ3) is 2.92. The van der Waals surface area contributed by atoms with Crippen molar-refractivity contribution in [3.8, 4) is 0 Å². The molecule has 2 amide bonds. The SMILES string of the molecule is CC1CCN(C(=O)N(C)C(CN)C2CC2)CC1. The average molecular weight is 239 g/mol. The third-order valence-corrected chi connectivity index (χ3v) is 4.26. The molecule has 2 aliphatic rings. The molecule has 1 saturated heterocycles. The van der Waals surface area contributed by atoms with E-state index in [0.29, 0.717) is 12.5 Å². The van der Waals surface area contributed by atoms with Gasteiger partial charge >= 0.3 is 6.03 Å². The molecular weight excluding hydrogens is 214 g/mol. The minimum atomic E-state index is 0.180. The van der Waals surface area contributed by atoms with Crippen LogP contribution in [0.5, 0.6) is 0 Å². The number of carbonyl (C=O) groups excluding carboxylic acids is 1. The molecule has 2 N–H and O–H groups in total. The Morgan fingerprint density at radius 2 is 1.94 bits per heavy atom. The van der Waals surface area contributed by atoms with E-state index >= 15 is 0 Å². The van der Waals surface area contributed by atoms with Crippen LogP contribution in [-0.4, -0.2) is 48.6 Å². The second kappa shape index (κ2) is 5.25. The average Bonchev–Trinajstić information content (AvgIpc) is 3.14. The monoisotopic (exact) mass is 239 g/mol. The highest BCUT2D eigenvalue weighted by Gasteiger charge is 2.36. The van der Waals surface area contributed by atoms with E-state index in [1.165, 1.54) is 12.8 Å². The van der Waals surface area contributed by atoms with Gasteiger partial charge in [0.05, 0.1) is 0 Å². The van der Waals surface area contributed by atoms with Crippen molar-refractivity contribution in [1.29, 1.82) is 0 Å². The molecule has 1 aliphatic carbocycles. The number of carbonyl (C=O) groups is 1. The van der Waals surface area contributed by atoms with Gasteiger partial charge in [-0.25, -0.2) is 4.79 Å². The maximum atomic E-state index is 12.3. The van der Waals surface area contributed by atoms with Crippen molar-refractivity contribution < 1.29 is 4.79 Å². The van der Waals surface area contributed by atoms with Crippen molar-refractivity contribution in [3.05, 3.63) is 0 Å². The zero-order chi connectivity index (χ0) is 12.4. The van der Waals surface area contributed by atoms with Gasteiger partial charge in [-0.15, -0.1) is 0 Å². The molecule has 17 heavy (non-hydrogen) atoms. The molecule has 1 aliphatic heterocycles. The smallest absolute Gasteiger partial charge is 0.320 e. The zero-order valence-corrected chi connectivity index (χ0v) is 11.1. The van der Waals surface area contributed by atoms with Crippen LogP contribution in [-0.2, 0) is 0 Å². The molecule has 0 aromatic carbocycles. The molecule has 2 fully saturated rings. The van der Waals surface area contributed by atoms with Gasteiger partial charge < -0.3 is 15.5 Å². The Balaban J connectivity index is 1.89. The van der Waals surface area contributed by atoms with E-state index in [4.69, 9.17) is 5.73 Å². The van der Waals surface area contributed by atoms with Crippen molar-refractivity contribution in [2.75, 3.05) is 26.7 Å². The van der Waals surface area contributed by atoms with E-state index in [1.807, 2.05) is 16.8 Å². The third-order valence-electron chi connectivity index (χ3n) is 4.26. The van der Waals surface area contributed by atoms with E-state index < -0.39 is 0 Å². The van der Waals surface area contributed by atoms with Crippen LogP contribution in [0, 0.1) is 11.8 Å². The van der Waals surface area contributed by atoms with Crippen molar-refractivity contribution in [1.82, 2.24) is 9.80 Å². The number of nitrogens with zero attached hydrogens (tertiary/aromatic N) is 2. The van der Waals surface area contributed by atoms with Gasteiger partial charge in [0.1, 0.15) is 0 Å². The first-order valence-electron chi connectivity index (χ1n) is 6.85. The standard InChI is InChI=1S/C13H25N3O/c1-10-5-7-16(8-6-10)13(17)15(2)12(9-14)11-3-4-11/h10-12H,3-9,14H2,1-2H3. The van der Waals surface area contributed by atoms with Crippen LogP contribution in [0.1, 0.15) is 32.6 Å². The Kier molecular flexibility index (Phi) is 3.92. The summed E-state index contributed by atoms with van der Waals surface area (Å²) in [5.74, 6) is 1.41. The van der Waals surface area contributed by atoms with Crippen LogP contribution in [0.4, 0.5) is 4.79 Å². The van der Waals surface area contributed by atoms with Crippen LogP contribution in [0.3, 0.4) is 0 Å². The van der Waals surface area contributed by atoms with Crippen LogP contribution in [0.25, 0.3) is 0 Å². The topological polar surface area (TPSA) is 49.6 Å². The summed E-state index contributed by atoms with van der Waals surface area (Å²) in [6.45, 7) is 4.67. The van der Waals surface area contributed by atoms with Gasteiger partial charge in [-0.05, 0) is 37.5 Å². The normalized spacial score (nSPS) is 23.6. The van der Waals surface area contributed by atoms with Crippen LogP contribution >= 0.6 is 0 Å². The molecule has 4 nitrogen and oxygen atoms in total. The number of amides is 2. The Bertz CT molecular complexity index is 270. The molecule has 1 saturated carbocycles. The first kappa shape index (κ1) is 12.7. The summed E-state index contributed by atoms with van der Waals surface area (Å²) in [6.07, 6.45) is 4.74. The number of nitrogens with two attached hydrogens (primary N) is 1. The number of hydrogen-bond donors (Lipinski definition) is 1. The maximum absolute atomic E-state index is 12.3. The molecule has 2 rings (SSSR count). The van der Waals surface area contributed by atoms with E-state index in [2.05, 4.69) is 6.92 Å². The van der Waals surface area contributed by atoms with E-state index in [9.17, 15) is 4.79 Å². The van der Waals surface area contributed by atoms with Crippen molar-refractivity contribution in [2.24, 2.45) is 17.6 Å². The predicted molar refractivity (Wildman–Crippen MR) is 68.7 cm³/mol. The van der Waals surface area contributed by atoms with Gasteiger partial charge in [-0.1, -0.05) is 6.92 Å². The number of likely N-dealkylation sites (N-methyl/N-ethyl adjacent to an activating group) is 1.